The van der Waals surface area contributed by atoms with Gasteiger partial charge in [0, 0.05) is 30.2 Å². The molecule has 7 nitrogen and oxygen atoms in total. The maximum absolute atomic E-state index is 13.5. The standard InChI is InChI=1S/C27H33N3O4S/c1-3-25(31)29-23-13-17-30(27(19-23)14-5-15-27)35(33,34)24-10-8-22(9-11-24)26(32)28-16-12-21-7-4-6-20(2)18-21/h3-4,6-11,18,23H,1,5,12-17,19H2,2H3,(H,28,32)(H,29,31). The molecule has 1 saturated heterocycles. The zero-order valence-corrected chi connectivity index (χ0v) is 20.9. The van der Waals surface area contributed by atoms with E-state index in [2.05, 4.69) is 23.3 Å². The van der Waals surface area contributed by atoms with Crippen molar-refractivity contribution in [3.63, 3.8) is 0 Å². The van der Waals surface area contributed by atoms with E-state index < -0.39 is 15.6 Å². The minimum absolute atomic E-state index is 0.0573. The third-order valence-electron chi connectivity index (χ3n) is 7.14. The molecule has 1 aliphatic carbocycles. The lowest BCUT2D eigenvalue weighted by Crippen LogP contribution is -2.63. The van der Waals surface area contributed by atoms with E-state index in [1.165, 1.54) is 23.8 Å². The molecule has 1 aliphatic heterocycles. The number of hydrogen-bond acceptors (Lipinski definition) is 4. The summed E-state index contributed by atoms with van der Waals surface area (Å²) in [6.45, 7) is 6.39. The molecule has 35 heavy (non-hydrogen) atoms. The number of nitrogens with zero attached hydrogens (tertiary/aromatic N) is 1. The Hall–Kier alpha value is -2.97. The molecular formula is C27H33N3O4S. The van der Waals surface area contributed by atoms with Crippen LogP contribution in [0.2, 0.25) is 0 Å². The summed E-state index contributed by atoms with van der Waals surface area (Å²) in [5.74, 6) is -0.454. The van der Waals surface area contributed by atoms with E-state index in [4.69, 9.17) is 0 Å². The average molecular weight is 496 g/mol. The fourth-order valence-corrected chi connectivity index (χ4v) is 7.01. The summed E-state index contributed by atoms with van der Waals surface area (Å²) in [6, 6.07) is 14.3. The van der Waals surface area contributed by atoms with Gasteiger partial charge in [0.1, 0.15) is 0 Å². The minimum atomic E-state index is -3.72. The highest BCUT2D eigenvalue weighted by molar-refractivity contribution is 7.89. The number of carbonyl (C=O) groups excluding carboxylic acids is 2. The second-order valence-corrected chi connectivity index (χ2v) is 11.4. The molecule has 186 valence electrons. The smallest absolute Gasteiger partial charge is 0.251 e. The maximum Gasteiger partial charge on any atom is 0.251 e. The van der Waals surface area contributed by atoms with Gasteiger partial charge in [-0.15, -0.1) is 0 Å². The molecule has 2 N–H and O–H groups in total. The average Bonchev–Trinajstić information content (AvgIpc) is 2.83. The van der Waals surface area contributed by atoms with Crippen LogP contribution in [-0.4, -0.2) is 49.2 Å². The van der Waals surface area contributed by atoms with E-state index in [0.717, 1.165) is 31.2 Å². The molecule has 1 unspecified atom stereocenters. The summed E-state index contributed by atoms with van der Waals surface area (Å²) in [5, 5.41) is 5.84. The number of amides is 2. The van der Waals surface area contributed by atoms with Crippen LogP contribution in [-0.2, 0) is 21.2 Å². The fraction of sp³-hybridized carbons (Fsp3) is 0.407. The van der Waals surface area contributed by atoms with Crippen molar-refractivity contribution in [1.82, 2.24) is 14.9 Å². The lowest BCUT2D eigenvalue weighted by Gasteiger charge is -2.54. The first kappa shape index (κ1) is 25.1. The van der Waals surface area contributed by atoms with Crippen LogP contribution in [0.4, 0.5) is 0 Å². The highest BCUT2D eigenvalue weighted by atomic mass is 32.2. The Kier molecular flexibility index (Phi) is 7.42. The zero-order chi connectivity index (χ0) is 25.1. The van der Waals surface area contributed by atoms with Gasteiger partial charge in [-0.2, -0.15) is 4.31 Å². The van der Waals surface area contributed by atoms with Crippen LogP contribution >= 0.6 is 0 Å². The molecule has 2 aromatic rings. The van der Waals surface area contributed by atoms with Crippen molar-refractivity contribution < 1.29 is 18.0 Å². The predicted octanol–water partition coefficient (Wildman–Crippen LogP) is 3.35. The number of piperidine rings is 1. The van der Waals surface area contributed by atoms with Crippen molar-refractivity contribution in [3.8, 4) is 0 Å². The second kappa shape index (κ2) is 10.3. The van der Waals surface area contributed by atoms with Crippen LogP contribution in [0.5, 0.6) is 0 Å². The van der Waals surface area contributed by atoms with E-state index >= 15 is 0 Å². The SMILES string of the molecule is C=CC(=O)NC1CCN(S(=O)(=O)c2ccc(C(=O)NCCc3cccc(C)c3)cc2)C2(CCC2)C1. The van der Waals surface area contributed by atoms with E-state index in [9.17, 15) is 18.0 Å². The van der Waals surface area contributed by atoms with Crippen molar-refractivity contribution in [2.75, 3.05) is 13.1 Å². The molecule has 2 aliphatic rings. The first-order valence-electron chi connectivity index (χ1n) is 12.1. The van der Waals surface area contributed by atoms with Gasteiger partial charge in [-0.05, 0) is 81.4 Å². The van der Waals surface area contributed by atoms with E-state index in [1.807, 2.05) is 25.1 Å². The molecule has 1 atom stereocenters. The number of sulfonamides is 1. The molecule has 4 rings (SSSR count). The predicted molar refractivity (Wildman–Crippen MR) is 135 cm³/mol. The van der Waals surface area contributed by atoms with Gasteiger partial charge < -0.3 is 10.6 Å². The van der Waals surface area contributed by atoms with Gasteiger partial charge in [0.05, 0.1) is 4.90 Å². The number of nitrogens with one attached hydrogen (secondary N) is 2. The molecule has 2 amide bonds. The van der Waals surface area contributed by atoms with Crippen molar-refractivity contribution in [3.05, 3.63) is 77.9 Å². The topological polar surface area (TPSA) is 95.6 Å². The third-order valence-corrected chi connectivity index (χ3v) is 9.16. The van der Waals surface area contributed by atoms with E-state index in [-0.39, 0.29) is 22.8 Å². The van der Waals surface area contributed by atoms with Gasteiger partial charge >= 0.3 is 0 Å². The number of rotatable bonds is 8. The first-order valence-corrected chi connectivity index (χ1v) is 13.6. The maximum atomic E-state index is 13.5. The molecule has 2 fully saturated rings. The molecule has 1 heterocycles. The molecule has 1 saturated carbocycles. The Bertz CT molecular complexity index is 1200. The Labute approximate surface area is 207 Å². The highest BCUT2D eigenvalue weighted by Crippen LogP contribution is 2.46. The molecule has 0 radical (unpaired) electrons. The number of aryl methyl sites for hydroxylation is 1. The quantitative estimate of drug-likeness (QED) is 0.549. The summed E-state index contributed by atoms with van der Waals surface area (Å²) < 4.78 is 28.7. The molecule has 2 aromatic carbocycles. The van der Waals surface area contributed by atoms with Crippen LogP contribution in [0.1, 0.15) is 53.6 Å². The van der Waals surface area contributed by atoms with Gasteiger partial charge in [-0.1, -0.05) is 36.4 Å². The van der Waals surface area contributed by atoms with Gasteiger partial charge in [-0.25, -0.2) is 8.42 Å². The van der Waals surface area contributed by atoms with Gasteiger partial charge in [0.2, 0.25) is 15.9 Å². The lowest BCUT2D eigenvalue weighted by molar-refractivity contribution is -0.117. The molecule has 0 bridgehead atoms. The van der Waals surface area contributed by atoms with Crippen molar-refractivity contribution in [2.45, 2.75) is 61.9 Å². The Morgan fingerprint density at radius 1 is 1.17 bits per heavy atom. The number of benzene rings is 2. The lowest BCUT2D eigenvalue weighted by atomic mass is 9.70. The monoisotopic (exact) mass is 495 g/mol. The molecule has 0 aromatic heterocycles. The molecule has 1 spiro atoms. The molecule has 8 heteroatoms. The number of hydrogen-bond donors (Lipinski definition) is 2. The zero-order valence-electron chi connectivity index (χ0n) is 20.1. The summed E-state index contributed by atoms with van der Waals surface area (Å²) >= 11 is 0. The van der Waals surface area contributed by atoms with Crippen LogP contribution in [0.15, 0.2) is 66.1 Å². The van der Waals surface area contributed by atoms with Crippen molar-refractivity contribution in [2.24, 2.45) is 0 Å². The van der Waals surface area contributed by atoms with E-state index in [0.29, 0.717) is 31.5 Å². The third kappa shape index (κ3) is 5.49. The van der Waals surface area contributed by atoms with Crippen molar-refractivity contribution in [1.29, 1.82) is 0 Å². The van der Waals surface area contributed by atoms with Crippen molar-refractivity contribution >= 4 is 21.8 Å². The van der Waals surface area contributed by atoms with Gasteiger partial charge in [-0.3, -0.25) is 9.59 Å². The second-order valence-electron chi connectivity index (χ2n) is 9.58. The van der Waals surface area contributed by atoms with Crippen LogP contribution in [0.25, 0.3) is 0 Å². The summed E-state index contributed by atoms with van der Waals surface area (Å²) in [7, 11) is -3.72. The van der Waals surface area contributed by atoms with Crippen LogP contribution in [0.3, 0.4) is 0 Å². The van der Waals surface area contributed by atoms with Gasteiger partial charge in [0.15, 0.2) is 0 Å². The normalized spacial score (nSPS) is 19.5. The largest absolute Gasteiger partial charge is 0.352 e. The Morgan fingerprint density at radius 3 is 2.54 bits per heavy atom. The first-order chi connectivity index (χ1) is 16.7. The van der Waals surface area contributed by atoms with Gasteiger partial charge in [0.25, 0.3) is 5.91 Å². The summed E-state index contributed by atoms with van der Waals surface area (Å²) in [5.41, 5.74) is 2.31. The Balaban J connectivity index is 1.40. The van der Waals surface area contributed by atoms with E-state index in [1.54, 1.807) is 16.4 Å². The summed E-state index contributed by atoms with van der Waals surface area (Å²) in [4.78, 5) is 24.5. The molecular weight excluding hydrogens is 462 g/mol. The highest BCUT2D eigenvalue weighted by Gasteiger charge is 2.51. The van der Waals surface area contributed by atoms with Crippen LogP contribution in [0, 0.1) is 6.92 Å². The number of carbonyl (C=O) groups is 2. The summed E-state index contributed by atoms with van der Waals surface area (Å²) in [6.07, 6.45) is 5.68. The minimum Gasteiger partial charge on any atom is -0.352 e. The fourth-order valence-electron chi connectivity index (χ4n) is 5.17. The Morgan fingerprint density at radius 2 is 1.91 bits per heavy atom. The van der Waals surface area contributed by atoms with Crippen LogP contribution < -0.4 is 10.6 Å².